The van der Waals surface area contributed by atoms with Gasteiger partial charge in [0, 0.05) is 6.54 Å². The van der Waals surface area contributed by atoms with E-state index in [1.54, 1.807) is 20.9 Å². The molecule has 0 aliphatic rings. The summed E-state index contributed by atoms with van der Waals surface area (Å²) in [5.74, 6) is -0.679. The number of anilines is 1. The lowest BCUT2D eigenvalue weighted by atomic mass is 10.2. The molecule has 1 aromatic rings. The Morgan fingerprint density at radius 1 is 1.50 bits per heavy atom. The van der Waals surface area contributed by atoms with Crippen molar-refractivity contribution in [3.05, 3.63) is 29.0 Å². The van der Waals surface area contributed by atoms with E-state index >= 15 is 0 Å². The minimum Gasteiger partial charge on any atom is -0.393 e. The van der Waals surface area contributed by atoms with Gasteiger partial charge in [-0.2, -0.15) is 0 Å². The van der Waals surface area contributed by atoms with E-state index in [9.17, 15) is 14.3 Å². The summed E-state index contributed by atoms with van der Waals surface area (Å²) in [6.07, 6.45) is 0.185. The van der Waals surface area contributed by atoms with Crippen molar-refractivity contribution in [2.45, 2.75) is 32.4 Å². The van der Waals surface area contributed by atoms with Gasteiger partial charge in [-0.3, -0.25) is 9.69 Å². The Kier molecular flexibility index (Phi) is 6.39. The van der Waals surface area contributed by atoms with Gasteiger partial charge in [0.25, 0.3) is 0 Å². The fourth-order valence-corrected chi connectivity index (χ4v) is 1.83. The second-order valence-corrected chi connectivity index (χ2v) is 5.31. The molecule has 0 heterocycles. The van der Waals surface area contributed by atoms with Crippen LogP contribution in [0.1, 0.15) is 20.3 Å². The number of halogens is 2. The number of amides is 1. The van der Waals surface area contributed by atoms with Crippen LogP contribution in [-0.2, 0) is 4.79 Å². The molecule has 0 aliphatic heterocycles. The molecule has 0 saturated carbocycles. The molecule has 0 aromatic heterocycles. The number of aliphatic hydroxyl groups is 1. The summed E-state index contributed by atoms with van der Waals surface area (Å²) in [6.45, 7) is 4.06. The molecule has 112 valence electrons. The molecule has 4 nitrogen and oxygen atoms in total. The zero-order chi connectivity index (χ0) is 15.3. The predicted molar refractivity (Wildman–Crippen MR) is 78.4 cm³/mol. The first kappa shape index (κ1) is 16.9. The Hall–Kier alpha value is -1.17. The summed E-state index contributed by atoms with van der Waals surface area (Å²) in [5.41, 5.74) is 0.383. The maximum Gasteiger partial charge on any atom is 0.241 e. The summed E-state index contributed by atoms with van der Waals surface area (Å²) in [4.78, 5) is 13.9. The lowest BCUT2D eigenvalue weighted by Gasteiger charge is -2.24. The number of aliphatic hydroxyl groups excluding tert-OH is 1. The third kappa shape index (κ3) is 5.07. The van der Waals surface area contributed by atoms with Crippen LogP contribution in [0.5, 0.6) is 0 Å². The van der Waals surface area contributed by atoms with Gasteiger partial charge in [-0.1, -0.05) is 11.6 Å². The summed E-state index contributed by atoms with van der Waals surface area (Å²) in [6, 6.07) is 3.44. The molecule has 0 aliphatic carbocycles. The van der Waals surface area contributed by atoms with Crippen LogP contribution in [-0.4, -0.2) is 41.7 Å². The van der Waals surface area contributed by atoms with Crippen molar-refractivity contribution in [3.8, 4) is 0 Å². The normalized spacial score (nSPS) is 14.2. The molecule has 0 spiro atoms. The number of hydrogen-bond acceptors (Lipinski definition) is 3. The van der Waals surface area contributed by atoms with Crippen LogP contribution in [0.4, 0.5) is 10.1 Å². The Balaban J connectivity index is 2.61. The van der Waals surface area contributed by atoms with Gasteiger partial charge < -0.3 is 10.4 Å². The highest BCUT2D eigenvalue weighted by Crippen LogP contribution is 2.22. The maximum absolute atomic E-state index is 12.9. The van der Waals surface area contributed by atoms with Gasteiger partial charge in [0.15, 0.2) is 0 Å². The summed E-state index contributed by atoms with van der Waals surface area (Å²) in [7, 11) is 1.80. The third-order valence-electron chi connectivity index (χ3n) is 3.13. The molecule has 2 N–H and O–H groups in total. The average Bonchev–Trinajstić information content (AvgIpc) is 2.38. The number of likely N-dealkylation sites (N-methyl/N-ethyl adjacent to an activating group) is 1. The van der Waals surface area contributed by atoms with Crippen LogP contribution in [0, 0.1) is 5.82 Å². The monoisotopic (exact) mass is 302 g/mol. The van der Waals surface area contributed by atoms with Crippen molar-refractivity contribution in [2.75, 3.05) is 18.9 Å². The van der Waals surface area contributed by atoms with E-state index in [0.717, 1.165) is 6.07 Å². The smallest absolute Gasteiger partial charge is 0.241 e. The largest absolute Gasteiger partial charge is 0.393 e. The van der Waals surface area contributed by atoms with Crippen molar-refractivity contribution >= 4 is 23.2 Å². The quantitative estimate of drug-likeness (QED) is 0.849. The summed E-state index contributed by atoms with van der Waals surface area (Å²) < 4.78 is 12.9. The van der Waals surface area contributed by atoms with Crippen LogP contribution in [0.3, 0.4) is 0 Å². The standard InChI is InChI=1S/C14H20ClFN2O2/c1-9(19)6-7-18(3)10(2)14(20)17-13-5-4-11(16)8-12(13)15/h4-5,8-10,19H,6-7H2,1-3H3,(H,17,20). The van der Waals surface area contributed by atoms with E-state index in [1.165, 1.54) is 12.1 Å². The number of hydrogen-bond donors (Lipinski definition) is 2. The van der Waals surface area contributed by atoms with Gasteiger partial charge in [-0.25, -0.2) is 4.39 Å². The molecule has 0 fully saturated rings. The highest BCUT2D eigenvalue weighted by Gasteiger charge is 2.19. The van der Waals surface area contributed by atoms with Crippen molar-refractivity contribution in [3.63, 3.8) is 0 Å². The number of nitrogens with one attached hydrogen (secondary N) is 1. The zero-order valence-corrected chi connectivity index (χ0v) is 12.6. The van der Waals surface area contributed by atoms with Crippen molar-refractivity contribution in [1.82, 2.24) is 4.90 Å². The minimum atomic E-state index is -0.449. The van der Waals surface area contributed by atoms with Crippen LogP contribution in [0.25, 0.3) is 0 Å². The third-order valence-corrected chi connectivity index (χ3v) is 3.44. The Bertz CT molecular complexity index is 468. The van der Waals surface area contributed by atoms with Crippen LogP contribution >= 0.6 is 11.6 Å². The van der Waals surface area contributed by atoms with E-state index < -0.39 is 11.9 Å². The second-order valence-electron chi connectivity index (χ2n) is 4.91. The van der Waals surface area contributed by atoms with Crippen LogP contribution < -0.4 is 5.32 Å². The first-order valence-corrected chi connectivity index (χ1v) is 6.83. The molecule has 2 unspecified atom stereocenters. The number of nitrogens with zero attached hydrogens (tertiary/aromatic N) is 1. The van der Waals surface area contributed by atoms with Gasteiger partial charge >= 0.3 is 0 Å². The molecule has 0 radical (unpaired) electrons. The van der Waals surface area contributed by atoms with E-state index in [0.29, 0.717) is 18.7 Å². The lowest BCUT2D eigenvalue weighted by molar-refractivity contribution is -0.120. The molecule has 2 atom stereocenters. The fourth-order valence-electron chi connectivity index (χ4n) is 1.61. The SMILES string of the molecule is CC(O)CCN(C)C(C)C(=O)Nc1ccc(F)cc1Cl. The van der Waals surface area contributed by atoms with E-state index in [1.807, 2.05) is 4.90 Å². The van der Waals surface area contributed by atoms with Gasteiger partial charge in [0.1, 0.15) is 5.82 Å². The van der Waals surface area contributed by atoms with Crippen LogP contribution in [0.15, 0.2) is 18.2 Å². The van der Waals surface area contributed by atoms with Crippen molar-refractivity contribution < 1.29 is 14.3 Å². The molecule has 1 amide bonds. The lowest BCUT2D eigenvalue weighted by Crippen LogP contribution is -2.40. The van der Waals surface area contributed by atoms with Crippen molar-refractivity contribution in [2.24, 2.45) is 0 Å². The molecule has 20 heavy (non-hydrogen) atoms. The molecule has 0 saturated heterocycles. The second kappa shape index (κ2) is 7.57. The molecule has 6 heteroatoms. The topological polar surface area (TPSA) is 52.6 Å². The highest BCUT2D eigenvalue weighted by atomic mass is 35.5. The summed E-state index contributed by atoms with van der Waals surface area (Å²) in [5, 5.41) is 12.1. The molecule has 1 rings (SSSR count). The fraction of sp³-hybridized carbons (Fsp3) is 0.500. The molecule has 1 aromatic carbocycles. The van der Waals surface area contributed by atoms with E-state index in [4.69, 9.17) is 11.6 Å². The minimum absolute atomic E-state index is 0.164. The van der Waals surface area contributed by atoms with E-state index in [-0.39, 0.29) is 17.0 Å². The first-order chi connectivity index (χ1) is 9.31. The van der Waals surface area contributed by atoms with Crippen molar-refractivity contribution in [1.29, 1.82) is 0 Å². The van der Waals surface area contributed by atoms with Gasteiger partial charge in [-0.15, -0.1) is 0 Å². The van der Waals surface area contributed by atoms with Gasteiger partial charge in [-0.05, 0) is 45.5 Å². The average molecular weight is 303 g/mol. The van der Waals surface area contributed by atoms with Gasteiger partial charge in [0.2, 0.25) is 5.91 Å². The Morgan fingerprint density at radius 2 is 2.15 bits per heavy atom. The number of carbonyl (C=O) groups is 1. The Labute approximate surface area is 123 Å². The number of benzene rings is 1. The van der Waals surface area contributed by atoms with Gasteiger partial charge in [0.05, 0.1) is 22.9 Å². The molecule has 0 bridgehead atoms. The van der Waals surface area contributed by atoms with E-state index in [2.05, 4.69) is 5.32 Å². The molecular weight excluding hydrogens is 283 g/mol. The first-order valence-electron chi connectivity index (χ1n) is 6.45. The Morgan fingerprint density at radius 3 is 2.70 bits per heavy atom. The highest BCUT2D eigenvalue weighted by molar-refractivity contribution is 6.33. The number of carbonyl (C=O) groups excluding carboxylic acids is 1. The summed E-state index contributed by atoms with van der Waals surface area (Å²) >= 11 is 5.86. The number of rotatable bonds is 6. The van der Waals surface area contributed by atoms with Crippen LogP contribution in [0.2, 0.25) is 5.02 Å². The zero-order valence-electron chi connectivity index (χ0n) is 11.9. The molecular formula is C14H20ClFN2O2. The predicted octanol–water partition coefficient (Wildman–Crippen LogP) is 2.51. The maximum atomic E-state index is 12.9.